The maximum Gasteiger partial charge on any atom is 0.271 e. The van der Waals surface area contributed by atoms with Crippen LogP contribution in [0, 0.1) is 0 Å². The lowest BCUT2D eigenvalue weighted by Gasteiger charge is -2.13. The van der Waals surface area contributed by atoms with Crippen LogP contribution in [-0.4, -0.2) is 29.5 Å². The van der Waals surface area contributed by atoms with E-state index in [4.69, 9.17) is 21.1 Å². The Morgan fingerprint density at radius 3 is 2.57 bits per heavy atom. The molecule has 1 N–H and O–H groups in total. The lowest BCUT2D eigenvalue weighted by atomic mass is 10.2. The van der Waals surface area contributed by atoms with E-state index in [2.05, 4.69) is 10.3 Å². The average Bonchev–Trinajstić information content (AvgIpc) is 3.20. The normalized spacial score (nSPS) is 10.8. The van der Waals surface area contributed by atoms with Gasteiger partial charge in [-0.05, 0) is 5.56 Å². The summed E-state index contributed by atoms with van der Waals surface area (Å²) in [6.45, 7) is 0. The lowest BCUT2D eigenvalue weighted by molar-refractivity contribution is 0.102. The highest BCUT2D eigenvalue weighted by atomic mass is 35.5. The topological polar surface area (TPSA) is 81.9 Å². The van der Waals surface area contributed by atoms with Crippen LogP contribution in [0.5, 0.6) is 11.5 Å². The van der Waals surface area contributed by atoms with Crippen LogP contribution in [0.3, 0.4) is 0 Å². The van der Waals surface area contributed by atoms with Gasteiger partial charge in [-0.3, -0.25) is 14.0 Å². The highest BCUT2D eigenvalue weighted by molar-refractivity contribution is 7.15. The molecule has 9 heteroatoms. The second kappa shape index (κ2) is 8.17. The van der Waals surface area contributed by atoms with Crippen LogP contribution in [0.1, 0.15) is 10.4 Å². The molecule has 30 heavy (non-hydrogen) atoms. The molecule has 2 aromatic heterocycles. The van der Waals surface area contributed by atoms with Gasteiger partial charge in [0.15, 0.2) is 4.96 Å². The largest absolute Gasteiger partial charge is 0.495 e. The fourth-order valence-corrected chi connectivity index (χ4v) is 4.10. The number of hydrogen-bond donors (Lipinski definition) is 1. The van der Waals surface area contributed by atoms with Crippen LogP contribution in [0.4, 0.5) is 5.69 Å². The Morgan fingerprint density at radius 1 is 1.13 bits per heavy atom. The Morgan fingerprint density at radius 2 is 1.87 bits per heavy atom. The predicted molar refractivity (Wildman–Crippen MR) is 117 cm³/mol. The van der Waals surface area contributed by atoms with Crippen molar-refractivity contribution in [1.82, 2.24) is 9.38 Å². The van der Waals surface area contributed by atoms with E-state index < -0.39 is 11.5 Å². The third-order valence-electron chi connectivity index (χ3n) is 4.48. The van der Waals surface area contributed by atoms with Crippen molar-refractivity contribution in [2.75, 3.05) is 19.5 Å². The van der Waals surface area contributed by atoms with Gasteiger partial charge in [-0.25, -0.2) is 4.98 Å². The van der Waals surface area contributed by atoms with Crippen molar-refractivity contribution in [2.24, 2.45) is 0 Å². The number of carbonyl (C=O) groups excluding carboxylic acids is 1. The molecule has 0 radical (unpaired) electrons. The molecule has 0 aliphatic carbocycles. The van der Waals surface area contributed by atoms with Crippen molar-refractivity contribution in [1.29, 1.82) is 0 Å². The molecular weight excluding hydrogens is 426 g/mol. The third kappa shape index (κ3) is 3.51. The smallest absolute Gasteiger partial charge is 0.271 e. The predicted octanol–water partition coefficient (Wildman–Crippen LogP) is 4.35. The van der Waals surface area contributed by atoms with Crippen molar-refractivity contribution in [2.45, 2.75) is 0 Å². The molecule has 7 nitrogen and oxygen atoms in total. The average molecular weight is 442 g/mol. The number of benzene rings is 2. The van der Waals surface area contributed by atoms with Crippen LogP contribution >= 0.6 is 22.9 Å². The van der Waals surface area contributed by atoms with E-state index in [1.54, 1.807) is 0 Å². The number of fused-ring (bicyclic) bond motifs is 1. The highest BCUT2D eigenvalue weighted by Crippen LogP contribution is 2.36. The standard InChI is InChI=1S/C21H16ClN3O4S/c1-28-17-9-15(18(29-2)8-14(17)22)24-19(26)13-10-23-21-25(20(13)27)16(11-30-21)12-6-4-3-5-7-12/h3-11H,1-2H3,(H,24,26). The van der Waals surface area contributed by atoms with Crippen LogP contribution in [0.15, 0.2) is 58.8 Å². The van der Waals surface area contributed by atoms with Gasteiger partial charge in [-0.15, -0.1) is 11.3 Å². The summed E-state index contributed by atoms with van der Waals surface area (Å²) in [5.41, 5.74) is 1.29. The Hall–Kier alpha value is -3.36. The summed E-state index contributed by atoms with van der Waals surface area (Å²) >= 11 is 7.44. The van der Waals surface area contributed by atoms with Gasteiger partial charge in [0.2, 0.25) is 0 Å². The number of thiazole rings is 1. The molecule has 0 aliphatic rings. The zero-order valence-corrected chi connectivity index (χ0v) is 17.6. The third-order valence-corrected chi connectivity index (χ3v) is 5.62. The molecule has 1 amide bonds. The minimum Gasteiger partial charge on any atom is -0.495 e. The number of rotatable bonds is 5. The maximum absolute atomic E-state index is 13.1. The molecule has 0 fully saturated rings. The zero-order valence-electron chi connectivity index (χ0n) is 16.0. The molecule has 2 heterocycles. The first-order chi connectivity index (χ1) is 14.5. The molecule has 152 valence electrons. The van der Waals surface area contributed by atoms with E-state index in [1.807, 2.05) is 35.7 Å². The molecule has 0 aliphatic heterocycles. The molecule has 0 atom stereocenters. The first kappa shape index (κ1) is 19.9. The summed E-state index contributed by atoms with van der Waals surface area (Å²) in [6, 6.07) is 12.5. The molecule has 0 saturated carbocycles. The number of ether oxygens (including phenoxy) is 2. The van der Waals surface area contributed by atoms with Crippen LogP contribution in [0.2, 0.25) is 5.02 Å². The summed E-state index contributed by atoms with van der Waals surface area (Å²) in [6.07, 6.45) is 1.28. The van der Waals surface area contributed by atoms with Gasteiger partial charge in [-0.1, -0.05) is 41.9 Å². The summed E-state index contributed by atoms with van der Waals surface area (Å²) in [4.78, 5) is 30.8. The van der Waals surface area contributed by atoms with Gasteiger partial charge >= 0.3 is 0 Å². The highest BCUT2D eigenvalue weighted by Gasteiger charge is 2.19. The van der Waals surface area contributed by atoms with Gasteiger partial charge in [0.05, 0.1) is 30.6 Å². The lowest BCUT2D eigenvalue weighted by Crippen LogP contribution is -2.26. The summed E-state index contributed by atoms with van der Waals surface area (Å²) in [5, 5.41) is 4.86. The van der Waals surface area contributed by atoms with E-state index in [1.165, 1.54) is 48.3 Å². The molecule has 4 aromatic rings. The van der Waals surface area contributed by atoms with Crippen LogP contribution in [-0.2, 0) is 0 Å². The molecule has 0 saturated heterocycles. The van der Waals surface area contributed by atoms with E-state index >= 15 is 0 Å². The molecule has 4 rings (SSSR count). The number of nitrogens with one attached hydrogen (secondary N) is 1. The van der Waals surface area contributed by atoms with Gasteiger partial charge < -0.3 is 14.8 Å². The first-order valence-electron chi connectivity index (χ1n) is 8.81. The van der Waals surface area contributed by atoms with Gasteiger partial charge in [0.25, 0.3) is 11.5 Å². The van der Waals surface area contributed by atoms with E-state index in [0.29, 0.717) is 32.9 Å². The fraction of sp³-hybridized carbons (Fsp3) is 0.0952. The first-order valence-corrected chi connectivity index (χ1v) is 10.1. The van der Waals surface area contributed by atoms with Gasteiger partial charge in [0.1, 0.15) is 17.1 Å². The minimum atomic E-state index is -0.616. The van der Waals surface area contributed by atoms with Crippen molar-refractivity contribution < 1.29 is 14.3 Å². The van der Waals surface area contributed by atoms with E-state index in [9.17, 15) is 9.59 Å². The van der Waals surface area contributed by atoms with E-state index in [0.717, 1.165) is 5.56 Å². The number of methoxy groups -OCH3 is 2. The van der Waals surface area contributed by atoms with Crippen molar-refractivity contribution >= 4 is 39.5 Å². The van der Waals surface area contributed by atoms with Gasteiger partial charge in [-0.2, -0.15) is 0 Å². The Labute approximate surface area is 180 Å². The van der Waals surface area contributed by atoms with Crippen LogP contribution in [0.25, 0.3) is 16.2 Å². The van der Waals surface area contributed by atoms with Crippen molar-refractivity contribution in [3.63, 3.8) is 0 Å². The maximum atomic E-state index is 13.1. The second-order valence-electron chi connectivity index (χ2n) is 6.22. The number of carbonyl (C=O) groups is 1. The molecular formula is C21H16ClN3O4S. The zero-order chi connectivity index (χ0) is 21.3. The van der Waals surface area contributed by atoms with Crippen molar-refractivity contribution in [3.05, 3.63) is 75.0 Å². The Balaban J connectivity index is 1.77. The summed E-state index contributed by atoms with van der Waals surface area (Å²) in [7, 11) is 2.92. The van der Waals surface area contributed by atoms with Crippen LogP contribution < -0.4 is 20.3 Å². The van der Waals surface area contributed by atoms with Crippen molar-refractivity contribution in [3.8, 4) is 22.8 Å². The number of nitrogens with zero attached hydrogens (tertiary/aromatic N) is 2. The SMILES string of the molecule is COc1cc(NC(=O)c2cnc3scc(-c4ccccc4)n3c2=O)c(OC)cc1Cl. The number of halogens is 1. The number of amides is 1. The molecule has 0 spiro atoms. The van der Waals surface area contributed by atoms with Gasteiger partial charge in [0, 0.05) is 23.7 Å². The molecule has 0 bridgehead atoms. The van der Waals surface area contributed by atoms with E-state index in [-0.39, 0.29) is 5.56 Å². The fourth-order valence-electron chi connectivity index (χ4n) is 3.01. The second-order valence-corrected chi connectivity index (χ2v) is 7.47. The minimum absolute atomic E-state index is 0.0981. The summed E-state index contributed by atoms with van der Waals surface area (Å²) in [5.74, 6) is 0.0841. The monoisotopic (exact) mass is 441 g/mol. The Kier molecular flexibility index (Phi) is 5.43. The summed E-state index contributed by atoms with van der Waals surface area (Å²) < 4.78 is 11.9. The number of hydrogen-bond acceptors (Lipinski definition) is 6. The quantitative estimate of drug-likeness (QED) is 0.498. The number of anilines is 1. The Bertz CT molecular complexity index is 1300. The molecule has 2 aromatic carbocycles. The number of aromatic nitrogens is 2. The molecule has 0 unspecified atom stereocenters.